The third-order valence-corrected chi connectivity index (χ3v) is 6.70. The van der Waals surface area contributed by atoms with Gasteiger partial charge in [0.05, 0.1) is 4.24 Å². The molecule has 1 amide bonds. The zero-order valence-electron chi connectivity index (χ0n) is 17.1. The van der Waals surface area contributed by atoms with Gasteiger partial charge < -0.3 is 5.32 Å². The molecule has 0 heterocycles. The number of aryl methyl sites for hydroxylation is 3. The minimum atomic E-state index is -0.281. The van der Waals surface area contributed by atoms with Crippen molar-refractivity contribution in [2.24, 2.45) is 0 Å². The molecule has 0 atom stereocenters. The zero-order chi connectivity index (χ0) is 21.5. The predicted molar refractivity (Wildman–Crippen MR) is 125 cm³/mol. The lowest BCUT2D eigenvalue weighted by Crippen LogP contribution is -2.23. The van der Waals surface area contributed by atoms with Crippen molar-refractivity contribution in [3.05, 3.63) is 105 Å². The van der Waals surface area contributed by atoms with Crippen molar-refractivity contribution in [2.75, 3.05) is 0 Å². The van der Waals surface area contributed by atoms with E-state index in [2.05, 4.69) is 11.4 Å². The molecule has 150 valence electrons. The largest absolute Gasteiger partial charge is 0.312 e. The molecule has 1 N–H and O–H groups in total. The number of benzene rings is 3. The Kier molecular flexibility index (Phi) is 7.40. The lowest BCUT2D eigenvalue weighted by atomic mass is 10.1. The molecule has 3 aromatic rings. The molecule has 0 spiro atoms. The third-order valence-electron chi connectivity index (χ3n) is 4.41. The number of allylic oxidation sites excluding steroid dienone is 1. The highest BCUT2D eigenvalue weighted by Gasteiger charge is 2.16. The number of rotatable bonds is 6. The number of carbonyl (C=O) groups is 1. The van der Waals surface area contributed by atoms with E-state index in [-0.39, 0.29) is 11.6 Å². The van der Waals surface area contributed by atoms with Crippen LogP contribution in [0.3, 0.4) is 0 Å². The summed E-state index contributed by atoms with van der Waals surface area (Å²) in [5.74, 6) is -0.281. The van der Waals surface area contributed by atoms with Crippen LogP contribution in [0, 0.1) is 32.1 Å². The SMILES string of the molecule is Cc1ccc(SC(Sc2ccc(C)cc2)=C(C#N)NC(=O)c2ccccc2C)cc1. The van der Waals surface area contributed by atoms with Crippen LogP contribution in [0.1, 0.15) is 27.0 Å². The maximum Gasteiger partial charge on any atom is 0.256 e. The number of hydrogen-bond acceptors (Lipinski definition) is 4. The van der Waals surface area contributed by atoms with E-state index in [1.807, 2.05) is 87.5 Å². The van der Waals surface area contributed by atoms with E-state index in [0.717, 1.165) is 19.6 Å². The first kappa shape index (κ1) is 21.8. The lowest BCUT2D eigenvalue weighted by Gasteiger charge is -2.12. The molecule has 0 aliphatic heterocycles. The van der Waals surface area contributed by atoms with Crippen LogP contribution in [0.5, 0.6) is 0 Å². The molecule has 0 saturated heterocycles. The molecule has 3 nitrogen and oxygen atoms in total. The van der Waals surface area contributed by atoms with E-state index < -0.39 is 0 Å². The summed E-state index contributed by atoms with van der Waals surface area (Å²) < 4.78 is 0.729. The van der Waals surface area contributed by atoms with E-state index >= 15 is 0 Å². The molecular formula is C25H22N2OS2. The van der Waals surface area contributed by atoms with Crippen LogP contribution in [0.15, 0.2) is 92.5 Å². The van der Waals surface area contributed by atoms with Gasteiger partial charge in [-0.05, 0) is 56.7 Å². The monoisotopic (exact) mass is 430 g/mol. The fourth-order valence-corrected chi connectivity index (χ4v) is 4.80. The topological polar surface area (TPSA) is 52.9 Å². The smallest absolute Gasteiger partial charge is 0.256 e. The van der Waals surface area contributed by atoms with E-state index in [9.17, 15) is 10.1 Å². The van der Waals surface area contributed by atoms with Crippen molar-refractivity contribution >= 4 is 29.4 Å². The highest BCUT2D eigenvalue weighted by Crippen LogP contribution is 2.41. The van der Waals surface area contributed by atoms with Crippen LogP contribution >= 0.6 is 23.5 Å². The van der Waals surface area contributed by atoms with Crippen molar-refractivity contribution < 1.29 is 4.79 Å². The van der Waals surface area contributed by atoms with Crippen molar-refractivity contribution in [1.82, 2.24) is 5.32 Å². The zero-order valence-corrected chi connectivity index (χ0v) is 18.7. The Morgan fingerprint density at radius 2 is 1.30 bits per heavy atom. The maximum absolute atomic E-state index is 12.8. The highest BCUT2D eigenvalue weighted by molar-refractivity contribution is 8.22. The average Bonchev–Trinajstić information content (AvgIpc) is 2.75. The number of nitrogens with zero attached hydrogens (tertiary/aromatic N) is 1. The van der Waals surface area contributed by atoms with E-state index in [4.69, 9.17) is 0 Å². The van der Waals surface area contributed by atoms with Crippen LogP contribution in [-0.2, 0) is 0 Å². The maximum atomic E-state index is 12.8. The van der Waals surface area contributed by atoms with Gasteiger partial charge in [0.15, 0.2) is 0 Å². The normalized spacial score (nSPS) is 10.2. The number of hydrogen-bond donors (Lipinski definition) is 1. The quantitative estimate of drug-likeness (QED) is 0.353. The fourth-order valence-electron chi connectivity index (χ4n) is 2.68. The van der Waals surface area contributed by atoms with Crippen LogP contribution in [0.25, 0.3) is 0 Å². The van der Waals surface area contributed by atoms with Gasteiger partial charge in [-0.1, -0.05) is 77.1 Å². The van der Waals surface area contributed by atoms with Gasteiger partial charge in [0.25, 0.3) is 5.91 Å². The third kappa shape index (κ3) is 5.79. The van der Waals surface area contributed by atoms with Crippen molar-refractivity contribution in [1.29, 1.82) is 5.26 Å². The second kappa shape index (κ2) is 10.2. The first-order valence-electron chi connectivity index (χ1n) is 9.46. The van der Waals surface area contributed by atoms with Crippen LogP contribution in [0.2, 0.25) is 0 Å². The molecule has 0 saturated carbocycles. The summed E-state index contributed by atoms with van der Waals surface area (Å²) in [5, 5.41) is 12.7. The average molecular weight is 431 g/mol. The molecule has 0 fully saturated rings. The summed E-state index contributed by atoms with van der Waals surface area (Å²) in [5.41, 5.74) is 4.02. The second-order valence-electron chi connectivity index (χ2n) is 6.87. The van der Waals surface area contributed by atoms with Gasteiger partial charge in [0, 0.05) is 15.4 Å². The van der Waals surface area contributed by atoms with Gasteiger partial charge in [-0.15, -0.1) is 0 Å². The second-order valence-corrected chi connectivity index (χ2v) is 9.30. The Morgan fingerprint density at radius 3 is 1.77 bits per heavy atom. The van der Waals surface area contributed by atoms with Crippen molar-refractivity contribution in [3.8, 4) is 6.07 Å². The summed E-state index contributed by atoms with van der Waals surface area (Å²) in [6.07, 6.45) is 0. The van der Waals surface area contributed by atoms with E-state index in [1.165, 1.54) is 34.7 Å². The van der Waals surface area contributed by atoms with E-state index in [1.54, 1.807) is 6.07 Å². The molecule has 0 aliphatic rings. The van der Waals surface area contributed by atoms with Gasteiger partial charge in [0.1, 0.15) is 11.8 Å². The molecular weight excluding hydrogens is 408 g/mol. The molecule has 3 aromatic carbocycles. The van der Waals surface area contributed by atoms with Crippen LogP contribution < -0.4 is 5.32 Å². The molecule has 30 heavy (non-hydrogen) atoms. The number of thioether (sulfide) groups is 2. The number of nitriles is 1. The molecule has 0 unspecified atom stereocenters. The Labute approximate surface area is 186 Å². The summed E-state index contributed by atoms with van der Waals surface area (Å²) in [7, 11) is 0. The molecule has 5 heteroatoms. The van der Waals surface area contributed by atoms with Crippen molar-refractivity contribution in [3.63, 3.8) is 0 Å². The Bertz CT molecular complexity index is 1060. The fraction of sp³-hybridized carbons (Fsp3) is 0.120. The molecule has 3 rings (SSSR count). The molecule has 0 bridgehead atoms. The number of nitrogens with one attached hydrogen (secondary N) is 1. The molecule has 0 radical (unpaired) electrons. The highest BCUT2D eigenvalue weighted by atomic mass is 32.2. The van der Waals surface area contributed by atoms with Crippen LogP contribution in [-0.4, -0.2) is 5.91 Å². The standard InChI is InChI=1S/C25H22N2OS2/c1-17-8-12-20(13-9-17)29-25(30-21-14-10-18(2)11-15-21)23(16-26)27-24(28)22-7-5-4-6-19(22)3/h4-15H,1-3H3,(H,27,28). The summed E-state index contributed by atoms with van der Waals surface area (Å²) in [6.45, 7) is 5.96. The van der Waals surface area contributed by atoms with E-state index in [0.29, 0.717) is 5.56 Å². The molecule has 0 aromatic heterocycles. The van der Waals surface area contributed by atoms with Gasteiger partial charge in [0.2, 0.25) is 0 Å². The summed E-state index contributed by atoms with van der Waals surface area (Å²) in [4.78, 5) is 14.8. The van der Waals surface area contributed by atoms with Crippen LogP contribution in [0.4, 0.5) is 0 Å². The van der Waals surface area contributed by atoms with Gasteiger partial charge in [-0.3, -0.25) is 4.79 Å². The van der Waals surface area contributed by atoms with Gasteiger partial charge in [-0.25, -0.2) is 0 Å². The van der Waals surface area contributed by atoms with Crippen molar-refractivity contribution in [2.45, 2.75) is 30.6 Å². The summed E-state index contributed by atoms with van der Waals surface area (Å²) >= 11 is 2.95. The minimum Gasteiger partial charge on any atom is -0.312 e. The Hall–Kier alpha value is -2.94. The lowest BCUT2D eigenvalue weighted by molar-refractivity contribution is 0.0967. The minimum absolute atomic E-state index is 0.249. The summed E-state index contributed by atoms with van der Waals surface area (Å²) in [6, 6.07) is 25.8. The Balaban J connectivity index is 1.95. The number of amides is 1. The predicted octanol–water partition coefficient (Wildman–Crippen LogP) is 6.62. The van der Waals surface area contributed by atoms with Gasteiger partial charge >= 0.3 is 0 Å². The van der Waals surface area contributed by atoms with Gasteiger partial charge in [-0.2, -0.15) is 5.26 Å². The first-order chi connectivity index (χ1) is 14.5. The molecule has 0 aliphatic carbocycles. The number of carbonyl (C=O) groups excluding carboxylic acids is 1. The first-order valence-corrected chi connectivity index (χ1v) is 11.1. The Morgan fingerprint density at radius 1 is 0.800 bits per heavy atom.